The molecule has 1 rings (SSSR count). The lowest BCUT2D eigenvalue weighted by Gasteiger charge is -2.15. The van der Waals surface area contributed by atoms with E-state index in [-0.39, 0.29) is 12.5 Å². The highest BCUT2D eigenvalue weighted by atomic mass is 16.5. The van der Waals surface area contributed by atoms with Gasteiger partial charge in [-0.3, -0.25) is 4.79 Å². The van der Waals surface area contributed by atoms with Crippen molar-refractivity contribution in [2.75, 3.05) is 54.6 Å². The molecule has 1 aromatic carbocycles. The first-order valence-corrected chi connectivity index (χ1v) is 9.02. The van der Waals surface area contributed by atoms with Gasteiger partial charge < -0.3 is 29.7 Å². The molecule has 0 fully saturated rings. The molecule has 0 unspecified atom stereocenters. The Balaban J connectivity index is 2.75. The number of aliphatic imine (C=N–C) groups is 1. The van der Waals surface area contributed by atoms with Crippen LogP contribution < -0.4 is 20.1 Å². The lowest BCUT2D eigenvalue weighted by atomic mass is 10.2. The van der Waals surface area contributed by atoms with Gasteiger partial charge in [0.25, 0.3) is 0 Å². The van der Waals surface area contributed by atoms with Crippen molar-refractivity contribution in [3.05, 3.63) is 23.8 Å². The maximum absolute atomic E-state index is 11.8. The third kappa shape index (κ3) is 8.63. The van der Waals surface area contributed by atoms with E-state index >= 15 is 0 Å². The quantitative estimate of drug-likeness (QED) is 0.342. The van der Waals surface area contributed by atoms with Crippen LogP contribution in [0.5, 0.6) is 11.5 Å². The molecule has 0 bridgehead atoms. The van der Waals surface area contributed by atoms with Crippen LogP contribution in [-0.2, 0) is 16.1 Å². The van der Waals surface area contributed by atoms with Crippen molar-refractivity contribution >= 4 is 11.9 Å². The summed E-state index contributed by atoms with van der Waals surface area (Å²) in [6.07, 6.45) is 0.849. The van der Waals surface area contributed by atoms with Gasteiger partial charge in [0.15, 0.2) is 5.96 Å². The van der Waals surface area contributed by atoms with Crippen LogP contribution >= 0.6 is 0 Å². The lowest BCUT2D eigenvalue weighted by molar-refractivity contribution is -0.127. The van der Waals surface area contributed by atoms with Crippen LogP contribution in [0.15, 0.2) is 23.2 Å². The third-order valence-electron chi connectivity index (χ3n) is 3.77. The number of nitrogens with zero attached hydrogens (tertiary/aromatic N) is 2. The molecule has 0 aromatic heterocycles. The number of ether oxygens (including phenoxy) is 3. The molecule has 152 valence electrons. The molecule has 1 aromatic rings. The van der Waals surface area contributed by atoms with Gasteiger partial charge in [-0.1, -0.05) is 0 Å². The van der Waals surface area contributed by atoms with E-state index in [4.69, 9.17) is 14.2 Å². The highest BCUT2D eigenvalue weighted by Crippen LogP contribution is 2.25. The molecule has 27 heavy (non-hydrogen) atoms. The maximum Gasteiger partial charge on any atom is 0.241 e. The van der Waals surface area contributed by atoms with Gasteiger partial charge in [0.2, 0.25) is 5.91 Å². The number of guanidine groups is 1. The smallest absolute Gasteiger partial charge is 0.241 e. The van der Waals surface area contributed by atoms with E-state index in [1.807, 2.05) is 25.1 Å². The van der Waals surface area contributed by atoms with E-state index in [1.54, 1.807) is 28.3 Å². The number of likely N-dealkylation sites (N-methyl/N-ethyl adjacent to an activating group) is 1. The monoisotopic (exact) mass is 380 g/mol. The molecule has 0 aliphatic heterocycles. The number of hydrogen-bond donors (Lipinski definition) is 2. The summed E-state index contributed by atoms with van der Waals surface area (Å²) in [5, 5.41) is 6.29. The average molecular weight is 380 g/mol. The van der Waals surface area contributed by atoms with Gasteiger partial charge in [-0.15, -0.1) is 0 Å². The second-order valence-corrected chi connectivity index (χ2v) is 5.96. The Morgan fingerprint density at radius 1 is 1.19 bits per heavy atom. The zero-order valence-electron chi connectivity index (χ0n) is 17.0. The molecule has 0 atom stereocenters. The largest absolute Gasteiger partial charge is 0.497 e. The van der Waals surface area contributed by atoms with Gasteiger partial charge >= 0.3 is 0 Å². The Hall–Kier alpha value is -2.48. The SMILES string of the molecule is CCOCCCNC(=NCc1ccc(OC)cc1OC)NCC(=O)N(C)C. The number of nitrogens with one attached hydrogen (secondary N) is 2. The summed E-state index contributed by atoms with van der Waals surface area (Å²) in [6.45, 7) is 4.63. The molecule has 1 amide bonds. The van der Waals surface area contributed by atoms with Gasteiger partial charge in [0.1, 0.15) is 11.5 Å². The molecule has 0 saturated heterocycles. The van der Waals surface area contributed by atoms with Crippen molar-refractivity contribution in [3.63, 3.8) is 0 Å². The Bertz CT molecular complexity index is 605. The lowest BCUT2D eigenvalue weighted by Crippen LogP contribution is -2.43. The summed E-state index contributed by atoms with van der Waals surface area (Å²) in [5.41, 5.74) is 0.924. The van der Waals surface area contributed by atoms with Crippen LogP contribution in [0.3, 0.4) is 0 Å². The maximum atomic E-state index is 11.8. The topological polar surface area (TPSA) is 84.4 Å². The molecule has 0 heterocycles. The fourth-order valence-corrected chi connectivity index (χ4v) is 2.16. The Kier molecular flexibility index (Phi) is 10.7. The summed E-state index contributed by atoms with van der Waals surface area (Å²) in [6, 6.07) is 5.60. The number of carbonyl (C=O) groups is 1. The second-order valence-electron chi connectivity index (χ2n) is 5.96. The summed E-state index contributed by atoms with van der Waals surface area (Å²) >= 11 is 0. The molecule has 2 N–H and O–H groups in total. The zero-order valence-corrected chi connectivity index (χ0v) is 17.0. The van der Waals surface area contributed by atoms with Crippen LogP contribution in [0.2, 0.25) is 0 Å². The Morgan fingerprint density at radius 3 is 2.59 bits per heavy atom. The first-order valence-electron chi connectivity index (χ1n) is 9.02. The van der Waals surface area contributed by atoms with Crippen molar-refractivity contribution < 1.29 is 19.0 Å². The predicted molar refractivity (Wildman–Crippen MR) is 106 cm³/mol. The van der Waals surface area contributed by atoms with Gasteiger partial charge in [-0.25, -0.2) is 4.99 Å². The van der Waals surface area contributed by atoms with E-state index in [0.717, 1.165) is 17.7 Å². The minimum atomic E-state index is -0.0270. The first kappa shape index (κ1) is 22.6. The number of carbonyl (C=O) groups excluding carboxylic acids is 1. The van der Waals surface area contributed by atoms with Gasteiger partial charge in [0.05, 0.1) is 27.3 Å². The standard InChI is InChI=1S/C19H32N4O4/c1-6-27-11-7-10-20-19(22-14-18(24)23(2)3)21-13-15-8-9-16(25-4)12-17(15)26-5/h8-9,12H,6-7,10-11,13-14H2,1-5H3,(H2,20,21,22). The first-order chi connectivity index (χ1) is 13.0. The summed E-state index contributed by atoms with van der Waals surface area (Å²) in [5.74, 6) is 1.97. The van der Waals surface area contributed by atoms with E-state index in [2.05, 4.69) is 15.6 Å². The van der Waals surface area contributed by atoms with Crippen molar-refractivity contribution in [1.29, 1.82) is 0 Å². The fraction of sp³-hybridized carbons (Fsp3) is 0.579. The van der Waals surface area contributed by atoms with Crippen LogP contribution in [-0.4, -0.2) is 71.4 Å². The van der Waals surface area contributed by atoms with Crippen LogP contribution in [0, 0.1) is 0 Å². The summed E-state index contributed by atoms with van der Waals surface area (Å²) < 4.78 is 16.0. The number of hydrogen-bond acceptors (Lipinski definition) is 5. The molecular weight excluding hydrogens is 348 g/mol. The van der Waals surface area contributed by atoms with E-state index in [1.165, 1.54) is 4.90 Å². The van der Waals surface area contributed by atoms with Gasteiger partial charge in [-0.2, -0.15) is 0 Å². The molecule has 0 saturated carbocycles. The van der Waals surface area contributed by atoms with Gasteiger partial charge in [0, 0.05) is 45.5 Å². The fourth-order valence-electron chi connectivity index (χ4n) is 2.16. The minimum absolute atomic E-state index is 0.0270. The number of methoxy groups -OCH3 is 2. The molecule has 0 radical (unpaired) electrons. The molecule has 0 spiro atoms. The van der Waals surface area contributed by atoms with Crippen molar-refractivity contribution in [3.8, 4) is 11.5 Å². The molecule has 0 aliphatic rings. The van der Waals surface area contributed by atoms with Crippen LogP contribution in [0.25, 0.3) is 0 Å². The van der Waals surface area contributed by atoms with Crippen LogP contribution in [0.1, 0.15) is 18.9 Å². The van der Waals surface area contributed by atoms with E-state index in [9.17, 15) is 4.79 Å². The Morgan fingerprint density at radius 2 is 1.96 bits per heavy atom. The predicted octanol–water partition coefficient (Wildman–Crippen LogP) is 1.25. The zero-order chi connectivity index (χ0) is 20.1. The number of rotatable bonds is 11. The average Bonchev–Trinajstić information content (AvgIpc) is 2.68. The highest BCUT2D eigenvalue weighted by molar-refractivity contribution is 5.86. The van der Waals surface area contributed by atoms with Crippen molar-refractivity contribution in [2.45, 2.75) is 19.9 Å². The van der Waals surface area contributed by atoms with E-state index < -0.39 is 0 Å². The third-order valence-corrected chi connectivity index (χ3v) is 3.77. The number of benzene rings is 1. The molecule has 0 aliphatic carbocycles. The summed E-state index contributed by atoms with van der Waals surface area (Å²) in [7, 11) is 6.67. The molecule has 8 heteroatoms. The normalized spacial score (nSPS) is 11.1. The second kappa shape index (κ2) is 12.8. The Labute approximate surface area is 161 Å². The molecular formula is C19H32N4O4. The molecule has 8 nitrogen and oxygen atoms in total. The van der Waals surface area contributed by atoms with Crippen molar-refractivity contribution in [1.82, 2.24) is 15.5 Å². The van der Waals surface area contributed by atoms with Gasteiger partial charge in [-0.05, 0) is 25.5 Å². The number of amides is 1. The van der Waals surface area contributed by atoms with Crippen molar-refractivity contribution in [2.24, 2.45) is 4.99 Å². The summed E-state index contributed by atoms with van der Waals surface area (Å²) in [4.78, 5) is 17.9. The van der Waals surface area contributed by atoms with E-state index in [0.29, 0.717) is 38.0 Å². The minimum Gasteiger partial charge on any atom is -0.497 e. The highest BCUT2D eigenvalue weighted by Gasteiger charge is 2.08. The van der Waals surface area contributed by atoms with Crippen LogP contribution in [0.4, 0.5) is 0 Å².